The van der Waals surface area contributed by atoms with Crippen molar-refractivity contribution in [3.05, 3.63) is 78.4 Å². The van der Waals surface area contributed by atoms with Crippen molar-refractivity contribution < 1.29 is 0 Å². The number of benzene rings is 3. The van der Waals surface area contributed by atoms with Crippen LogP contribution in [0.15, 0.2) is 72.8 Å². The first-order chi connectivity index (χ1) is 11.4. The maximum Gasteiger partial charge on any atom is -0.00990 e. The Kier molecular flexibility index (Phi) is 4.88. The largest absolute Gasteiger partial charge is 0.0845 e. The minimum absolute atomic E-state index is 0.312. The monoisotopic (exact) mass is 332 g/mol. The summed E-state index contributed by atoms with van der Waals surface area (Å²) < 4.78 is 0. The summed E-state index contributed by atoms with van der Waals surface area (Å²) in [5.41, 5.74) is 6.61. The van der Waals surface area contributed by atoms with Crippen LogP contribution in [0.3, 0.4) is 0 Å². The third-order valence-electron chi connectivity index (χ3n) is 4.04. The van der Waals surface area contributed by atoms with Gasteiger partial charge in [0.25, 0.3) is 0 Å². The topological polar surface area (TPSA) is 0 Å². The van der Waals surface area contributed by atoms with Crippen LogP contribution in [0.5, 0.6) is 0 Å². The standard InChI is InChI=1S/C23H25P/c1-17-15-20(18-11-7-5-8-12-18)21(19-13-9-6-10-14-19)16-22(17)24-23(2,3)4/h5-16,24H,1-4H3. The summed E-state index contributed by atoms with van der Waals surface area (Å²) in [6.45, 7) is 9.20. The molecule has 0 fully saturated rings. The molecule has 0 N–H and O–H groups in total. The van der Waals surface area contributed by atoms with Crippen LogP contribution in [-0.2, 0) is 0 Å². The Balaban J connectivity index is 2.20. The first-order valence-corrected chi connectivity index (χ1v) is 9.48. The van der Waals surface area contributed by atoms with E-state index in [1.807, 2.05) is 0 Å². The number of hydrogen-bond acceptors (Lipinski definition) is 0. The Morgan fingerprint density at radius 3 is 1.58 bits per heavy atom. The van der Waals surface area contributed by atoms with E-state index in [1.165, 1.54) is 33.1 Å². The van der Waals surface area contributed by atoms with Crippen molar-refractivity contribution in [2.24, 2.45) is 0 Å². The maximum atomic E-state index is 2.41. The van der Waals surface area contributed by atoms with Gasteiger partial charge in [0, 0.05) is 0 Å². The van der Waals surface area contributed by atoms with Crippen LogP contribution in [0.1, 0.15) is 26.3 Å². The van der Waals surface area contributed by atoms with E-state index in [4.69, 9.17) is 0 Å². The van der Waals surface area contributed by atoms with Crippen LogP contribution in [0.4, 0.5) is 0 Å². The summed E-state index contributed by atoms with van der Waals surface area (Å²) >= 11 is 0. The average Bonchev–Trinajstić information content (AvgIpc) is 2.57. The molecular formula is C23H25P. The summed E-state index contributed by atoms with van der Waals surface area (Å²) in [4.78, 5) is 0. The molecule has 3 aromatic carbocycles. The SMILES string of the molecule is Cc1cc(-c2ccccc2)c(-c2ccccc2)cc1PC(C)(C)C. The molecule has 0 radical (unpaired) electrons. The lowest BCUT2D eigenvalue weighted by Crippen LogP contribution is -2.14. The molecule has 24 heavy (non-hydrogen) atoms. The molecule has 0 aliphatic carbocycles. The quantitative estimate of drug-likeness (QED) is 0.485. The molecule has 0 amide bonds. The van der Waals surface area contributed by atoms with Crippen LogP contribution < -0.4 is 5.30 Å². The van der Waals surface area contributed by atoms with Gasteiger partial charge in [-0.05, 0) is 51.3 Å². The van der Waals surface area contributed by atoms with Gasteiger partial charge in [-0.1, -0.05) is 96.1 Å². The van der Waals surface area contributed by atoms with Crippen molar-refractivity contribution in [1.82, 2.24) is 0 Å². The minimum atomic E-state index is 0.312. The minimum Gasteiger partial charge on any atom is -0.0845 e. The molecule has 0 nitrogen and oxygen atoms in total. The molecule has 0 saturated carbocycles. The highest BCUT2D eigenvalue weighted by Gasteiger charge is 2.16. The van der Waals surface area contributed by atoms with Crippen LogP contribution >= 0.6 is 8.58 Å². The predicted molar refractivity (Wildman–Crippen MR) is 110 cm³/mol. The molecule has 0 aliphatic heterocycles. The van der Waals surface area contributed by atoms with E-state index in [-0.39, 0.29) is 0 Å². The fourth-order valence-corrected chi connectivity index (χ4v) is 4.25. The molecule has 0 spiro atoms. The third kappa shape index (κ3) is 3.94. The molecule has 0 aliphatic rings. The van der Waals surface area contributed by atoms with Crippen molar-refractivity contribution in [3.63, 3.8) is 0 Å². The number of rotatable bonds is 3. The Bertz CT molecular complexity index is 812. The van der Waals surface area contributed by atoms with Gasteiger partial charge in [-0.15, -0.1) is 0 Å². The van der Waals surface area contributed by atoms with Gasteiger partial charge in [0.05, 0.1) is 0 Å². The normalized spacial score (nSPS) is 12.0. The molecule has 3 aromatic rings. The molecule has 0 saturated heterocycles. The molecule has 122 valence electrons. The highest BCUT2D eigenvalue weighted by atomic mass is 31.1. The van der Waals surface area contributed by atoms with Gasteiger partial charge < -0.3 is 0 Å². The lowest BCUT2D eigenvalue weighted by atomic mass is 9.93. The first kappa shape index (κ1) is 16.9. The zero-order valence-electron chi connectivity index (χ0n) is 14.9. The van der Waals surface area contributed by atoms with E-state index in [0.717, 1.165) is 8.58 Å². The van der Waals surface area contributed by atoms with Gasteiger partial charge in [-0.2, -0.15) is 0 Å². The first-order valence-electron chi connectivity index (χ1n) is 8.48. The maximum absolute atomic E-state index is 2.41. The third-order valence-corrected chi connectivity index (χ3v) is 5.60. The lowest BCUT2D eigenvalue weighted by molar-refractivity contribution is 0.799. The average molecular weight is 332 g/mol. The van der Waals surface area contributed by atoms with Crippen LogP contribution in [0.25, 0.3) is 22.3 Å². The lowest BCUT2D eigenvalue weighted by Gasteiger charge is -2.22. The molecule has 1 heteroatoms. The zero-order chi connectivity index (χ0) is 17.2. The Hall–Kier alpha value is -1.91. The van der Waals surface area contributed by atoms with Crippen LogP contribution in [0, 0.1) is 6.92 Å². The summed E-state index contributed by atoms with van der Waals surface area (Å²) in [5, 5.41) is 1.79. The molecule has 3 rings (SSSR count). The Morgan fingerprint density at radius 2 is 1.12 bits per heavy atom. The molecule has 1 unspecified atom stereocenters. The molecule has 1 atom stereocenters. The van der Waals surface area contributed by atoms with E-state index < -0.39 is 0 Å². The van der Waals surface area contributed by atoms with Crippen molar-refractivity contribution in [3.8, 4) is 22.3 Å². The van der Waals surface area contributed by atoms with E-state index in [0.29, 0.717) is 5.16 Å². The second-order valence-electron chi connectivity index (χ2n) is 7.32. The summed E-state index contributed by atoms with van der Waals surface area (Å²) in [5.74, 6) is 0. The van der Waals surface area contributed by atoms with Gasteiger partial charge >= 0.3 is 0 Å². The van der Waals surface area contributed by atoms with E-state index >= 15 is 0 Å². The van der Waals surface area contributed by atoms with Gasteiger partial charge in [0.2, 0.25) is 0 Å². The van der Waals surface area contributed by atoms with Gasteiger partial charge in [0.15, 0.2) is 0 Å². The second-order valence-corrected chi connectivity index (χ2v) is 9.61. The van der Waals surface area contributed by atoms with Crippen molar-refractivity contribution in [1.29, 1.82) is 0 Å². The summed E-state index contributed by atoms with van der Waals surface area (Å²) in [7, 11) is 0.808. The number of hydrogen-bond donors (Lipinski definition) is 0. The van der Waals surface area contributed by atoms with E-state index in [9.17, 15) is 0 Å². The zero-order valence-corrected chi connectivity index (χ0v) is 15.9. The Morgan fingerprint density at radius 1 is 0.667 bits per heavy atom. The molecule has 0 aromatic heterocycles. The second kappa shape index (κ2) is 6.91. The van der Waals surface area contributed by atoms with Crippen molar-refractivity contribution >= 4 is 13.9 Å². The number of aryl methyl sites for hydroxylation is 1. The molecule has 0 bridgehead atoms. The van der Waals surface area contributed by atoms with E-state index in [2.05, 4.69) is 100 Å². The predicted octanol–water partition coefficient (Wildman–Crippen LogP) is 6.43. The fourth-order valence-electron chi connectivity index (χ4n) is 2.96. The Labute approximate surface area is 147 Å². The van der Waals surface area contributed by atoms with Gasteiger partial charge in [-0.25, -0.2) is 0 Å². The summed E-state index contributed by atoms with van der Waals surface area (Å²) in [6, 6.07) is 26.2. The van der Waals surface area contributed by atoms with Gasteiger partial charge in [-0.3, -0.25) is 0 Å². The highest BCUT2D eigenvalue weighted by Crippen LogP contribution is 2.37. The fraction of sp³-hybridized carbons (Fsp3) is 0.217. The van der Waals surface area contributed by atoms with Crippen molar-refractivity contribution in [2.75, 3.05) is 0 Å². The van der Waals surface area contributed by atoms with E-state index in [1.54, 1.807) is 0 Å². The van der Waals surface area contributed by atoms with Gasteiger partial charge in [0.1, 0.15) is 0 Å². The highest BCUT2D eigenvalue weighted by molar-refractivity contribution is 7.49. The molecule has 0 heterocycles. The smallest absolute Gasteiger partial charge is 0.00990 e. The van der Waals surface area contributed by atoms with Crippen LogP contribution in [0.2, 0.25) is 0 Å². The summed E-state index contributed by atoms with van der Waals surface area (Å²) in [6.07, 6.45) is 0. The molecular weight excluding hydrogens is 307 g/mol. The van der Waals surface area contributed by atoms with Crippen molar-refractivity contribution in [2.45, 2.75) is 32.9 Å². The van der Waals surface area contributed by atoms with Crippen LogP contribution in [-0.4, -0.2) is 5.16 Å².